The first kappa shape index (κ1) is 21.7. The Morgan fingerprint density at radius 3 is 1.50 bits per heavy atom. The predicted molar refractivity (Wildman–Crippen MR) is 84.0 cm³/mol. The third-order valence-electron chi connectivity index (χ3n) is 3.17. The molecule has 2 atom stereocenters. The van der Waals surface area contributed by atoms with Crippen LogP contribution < -0.4 is 0 Å². The number of aliphatic hydroxyl groups is 2. The second-order valence-electron chi connectivity index (χ2n) is 5.28. The van der Waals surface area contributed by atoms with E-state index >= 15 is 0 Å². The fraction of sp³-hybridized carbons (Fsp3) is 0.222. The Morgan fingerprint density at radius 2 is 1.15 bits per heavy atom. The van der Waals surface area contributed by atoms with Crippen LogP contribution >= 0.6 is 0 Å². The van der Waals surface area contributed by atoms with Crippen LogP contribution in [0.1, 0.15) is 31.1 Å². The predicted octanol–water partition coefficient (Wildman–Crippen LogP) is 4.66. The van der Waals surface area contributed by atoms with E-state index in [4.69, 9.17) is 5.11 Å². The molecule has 0 fully saturated rings. The number of hydrogen-bond donors (Lipinski definition) is 2. The van der Waals surface area contributed by atoms with Gasteiger partial charge in [-0.1, -0.05) is 12.2 Å². The second kappa shape index (κ2) is 9.40. The van der Waals surface area contributed by atoms with Crippen molar-refractivity contribution >= 4 is 6.08 Å². The van der Waals surface area contributed by atoms with Crippen molar-refractivity contribution in [3.05, 3.63) is 76.4 Å². The van der Waals surface area contributed by atoms with Gasteiger partial charge in [-0.25, -0.2) is 26.3 Å². The van der Waals surface area contributed by atoms with Gasteiger partial charge in [0.05, 0.1) is 6.10 Å². The summed E-state index contributed by atoms with van der Waals surface area (Å²) in [6.45, 7) is 2.96. The minimum absolute atomic E-state index is 0.198. The Hall–Kier alpha value is -2.32. The molecule has 2 nitrogen and oxygen atoms in total. The summed E-state index contributed by atoms with van der Waals surface area (Å²) in [7, 11) is 0. The summed E-state index contributed by atoms with van der Waals surface area (Å²) in [5.41, 5.74) is 0.116. The van der Waals surface area contributed by atoms with Gasteiger partial charge >= 0.3 is 0 Å². The fourth-order valence-electron chi connectivity index (χ4n) is 1.89. The van der Waals surface area contributed by atoms with Gasteiger partial charge in [0, 0.05) is 0 Å². The van der Waals surface area contributed by atoms with E-state index in [2.05, 4.69) is 0 Å². The lowest BCUT2D eigenvalue weighted by molar-refractivity contribution is 0.0301. The monoisotopic (exact) mass is 378 g/mol. The Balaban J connectivity index is 0.000000263. The lowest BCUT2D eigenvalue weighted by Gasteiger charge is -2.14. The van der Waals surface area contributed by atoms with Crippen LogP contribution in [0.4, 0.5) is 26.3 Å². The molecule has 0 bridgehead atoms. The molecule has 2 rings (SSSR count). The smallest absolute Gasteiger partial charge is 0.194 e. The summed E-state index contributed by atoms with van der Waals surface area (Å²) in [5.74, 6) is -8.12. The molecule has 0 unspecified atom stereocenters. The third-order valence-corrected chi connectivity index (χ3v) is 3.17. The average Bonchev–Trinajstić information content (AvgIpc) is 2.57. The van der Waals surface area contributed by atoms with Crippen LogP contribution in [0.15, 0.2) is 30.3 Å². The van der Waals surface area contributed by atoms with E-state index in [1.807, 2.05) is 0 Å². The topological polar surface area (TPSA) is 40.5 Å². The molecular formula is C18H16F6O2. The largest absolute Gasteiger partial charge is 0.390 e. The summed E-state index contributed by atoms with van der Waals surface area (Å²) >= 11 is 0. The van der Waals surface area contributed by atoms with Gasteiger partial charge in [-0.3, -0.25) is 0 Å². The van der Waals surface area contributed by atoms with Gasteiger partial charge in [-0.2, -0.15) is 0 Å². The molecule has 0 saturated heterocycles. The summed E-state index contributed by atoms with van der Waals surface area (Å²) in [6, 6.07) is 3.18. The number of halogens is 6. The lowest BCUT2D eigenvalue weighted by atomic mass is 10.1. The van der Waals surface area contributed by atoms with Crippen LogP contribution in [0.3, 0.4) is 0 Å². The third kappa shape index (κ3) is 5.60. The van der Waals surface area contributed by atoms with Gasteiger partial charge in [-0.15, -0.1) is 0 Å². The number of aliphatic hydroxyl groups excluding tert-OH is 2. The number of hydrogen-bond acceptors (Lipinski definition) is 2. The Bertz CT molecular complexity index is 743. The molecular weight excluding hydrogens is 362 g/mol. The van der Waals surface area contributed by atoms with Crippen molar-refractivity contribution in [3.63, 3.8) is 0 Å². The van der Waals surface area contributed by atoms with Crippen molar-refractivity contribution in [2.45, 2.75) is 26.1 Å². The maximum Gasteiger partial charge on any atom is 0.194 e. The van der Waals surface area contributed by atoms with E-state index in [-0.39, 0.29) is 5.56 Å². The summed E-state index contributed by atoms with van der Waals surface area (Å²) in [5, 5.41) is 18.2. The SMILES string of the molecule is CC=Cc1cc(F)c(F)c(F)c1.C[C@H](O)[C@@H](O)c1cc(F)c(F)c(F)c1. The highest BCUT2D eigenvalue weighted by Crippen LogP contribution is 2.21. The molecule has 0 aliphatic heterocycles. The Kier molecular flexibility index (Phi) is 7.85. The molecule has 26 heavy (non-hydrogen) atoms. The average molecular weight is 378 g/mol. The normalized spacial score (nSPS) is 13.3. The molecule has 0 aliphatic rings. The molecule has 2 aromatic carbocycles. The molecule has 2 aromatic rings. The molecule has 8 heteroatoms. The number of benzene rings is 2. The highest BCUT2D eigenvalue weighted by molar-refractivity contribution is 5.48. The minimum Gasteiger partial charge on any atom is -0.390 e. The molecule has 0 aliphatic carbocycles. The second-order valence-corrected chi connectivity index (χ2v) is 5.28. The van der Waals surface area contributed by atoms with E-state index < -0.39 is 47.1 Å². The molecule has 0 spiro atoms. The molecule has 0 heterocycles. The molecule has 142 valence electrons. The van der Waals surface area contributed by atoms with E-state index in [1.54, 1.807) is 13.0 Å². The number of rotatable bonds is 3. The summed E-state index contributed by atoms with van der Waals surface area (Å²) in [6.07, 6.45) is 0.497. The van der Waals surface area contributed by atoms with E-state index in [0.29, 0.717) is 17.7 Å². The van der Waals surface area contributed by atoms with Gasteiger partial charge in [0.2, 0.25) is 0 Å². The standard InChI is InChI=1S/C9H9F3O2.C9H7F3/c1-4(13)9(14)5-2-6(10)8(12)7(11)3-5;1-2-3-6-4-7(10)9(12)8(11)5-6/h2-4,9,13-14H,1H3;2-5H,1H3/t4-,9+;/m0./s1. The first-order valence-electron chi connectivity index (χ1n) is 7.36. The fourth-order valence-corrected chi connectivity index (χ4v) is 1.89. The van der Waals surface area contributed by atoms with Gasteiger partial charge in [0.1, 0.15) is 6.10 Å². The van der Waals surface area contributed by atoms with E-state index in [0.717, 1.165) is 12.1 Å². The zero-order valence-electron chi connectivity index (χ0n) is 13.8. The van der Waals surface area contributed by atoms with Crippen LogP contribution in [-0.4, -0.2) is 16.3 Å². The highest BCUT2D eigenvalue weighted by Gasteiger charge is 2.18. The maximum absolute atomic E-state index is 12.7. The molecule has 0 amide bonds. The zero-order chi connectivity index (χ0) is 20.0. The quantitative estimate of drug-likeness (QED) is 0.603. The Morgan fingerprint density at radius 1 is 0.769 bits per heavy atom. The molecule has 0 radical (unpaired) electrons. The van der Waals surface area contributed by atoms with Crippen LogP contribution in [0.2, 0.25) is 0 Å². The number of allylic oxidation sites excluding steroid dienone is 1. The van der Waals surface area contributed by atoms with Crippen molar-refractivity contribution in [1.29, 1.82) is 0 Å². The zero-order valence-corrected chi connectivity index (χ0v) is 13.8. The van der Waals surface area contributed by atoms with Gasteiger partial charge in [0.15, 0.2) is 34.9 Å². The van der Waals surface area contributed by atoms with Crippen molar-refractivity contribution in [1.82, 2.24) is 0 Å². The summed E-state index contributed by atoms with van der Waals surface area (Å²) in [4.78, 5) is 0. The molecule has 0 aromatic heterocycles. The van der Waals surface area contributed by atoms with Gasteiger partial charge in [0.25, 0.3) is 0 Å². The maximum atomic E-state index is 12.7. The van der Waals surface area contributed by atoms with Crippen LogP contribution in [0.5, 0.6) is 0 Å². The molecule has 2 N–H and O–H groups in total. The van der Waals surface area contributed by atoms with Crippen molar-refractivity contribution in [3.8, 4) is 0 Å². The minimum atomic E-state index is -1.59. The molecule has 0 saturated carbocycles. The van der Waals surface area contributed by atoms with Crippen molar-refractivity contribution in [2.24, 2.45) is 0 Å². The van der Waals surface area contributed by atoms with Crippen molar-refractivity contribution < 1.29 is 36.6 Å². The van der Waals surface area contributed by atoms with Crippen LogP contribution in [0, 0.1) is 34.9 Å². The first-order chi connectivity index (χ1) is 12.1. The van der Waals surface area contributed by atoms with Gasteiger partial charge < -0.3 is 10.2 Å². The van der Waals surface area contributed by atoms with E-state index in [9.17, 15) is 31.4 Å². The van der Waals surface area contributed by atoms with Crippen molar-refractivity contribution in [2.75, 3.05) is 0 Å². The summed E-state index contributed by atoms with van der Waals surface area (Å²) < 4.78 is 75.2. The first-order valence-corrected chi connectivity index (χ1v) is 7.36. The van der Waals surface area contributed by atoms with E-state index in [1.165, 1.54) is 13.0 Å². The lowest BCUT2D eigenvalue weighted by Crippen LogP contribution is -2.14. The van der Waals surface area contributed by atoms with Crippen LogP contribution in [-0.2, 0) is 0 Å². The highest BCUT2D eigenvalue weighted by atomic mass is 19.2. The van der Waals surface area contributed by atoms with Crippen LogP contribution in [0.25, 0.3) is 6.08 Å². The van der Waals surface area contributed by atoms with Gasteiger partial charge in [-0.05, 0) is 49.2 Å². The Labute approximate surface area is 146 Å².